The van der Waals surface area contributed by atoms with Crippen LogP contribution >= 0.6 is 15.9 Å². The summed E-state index contributed by atoms with van der Waals surface area (Å²) in [5.74, 6) is 0.772. The molecule has 82 valence electrons. The van der Waals surface area contributed by atoms with E-state index in [1.165, 1.54) is 0 Å². The van der Waals surface area contributed by atoms with Gasteiger partial charge in [-0.2, -0.15) is 0 Å². The first-order valence-corrected chi connectivity index (χ1v) is 6.02. The van der Waals surface area contributed by atoms with Crippen molar-refractivity contribution < 1.29 is 9.84 Å². The lowest BCUT2D eigenvalue weighted by Crippen LogP contribution is -2.22. The highest BCUT2D eigenvalue weighted by Crippen LogP contribution is 2.45. The van der Waals surface area contributed by atoms with E-state index < -0.39 is 5.60 Å². The topological polar surface area (TPSA) is 29.5 Å². The standard InChI is InChI=1S/C12H15BrO2/c1-15-10-6-4-5-9(13)11(10)12(14)7-2-3-8-12/h4-6,14H,2-3,7-8H2,1H3. The lowest BCUT2D eigenvalue weighted by atomic mass is 9.91. The number of hydrogen-bond acceptors (Lipinski definition) is 2. The van der Waals surface area contributed by atoms with Gasteiger partial charge in [-0.25, -0.2) is 0 Å². The summed E-state index contributed by atoms with van der Waals surface area (Å²) < 4.78 is 6.25. The van der Waals surface area contributed by atoms with Crippen molar-refractivity contribution in [2.24, 2.45) is 0 Å². The fourth-order valence-corrected chi connectivity index (χ4v) is 3.05. The van der Waals surface area contributed by atoms with Gasteiger partial charge in [-0.3, -0.25) is 0 Å². The van der Waals surface area contributed by atoms with Gasteiger partial charge in [0.1, 0.15) is 5.75 Å². The van der Waals surface area contributed by atoms with Gasteiger partial charge in [0, 0.05) is 10.0 Å². The normalized spacial score (nSPS) is 19.1. The van der Waals surface area contributed by atoms with Crippen LogP contribution in [0.2, 0.25) is 0 Å². The molecular weight excluding hydrogens is 256 g/mol. The van der Waals surface area contributed by atoms with Crippen LogP contribution < -0.4 is 4.74 Å². The van der Waals surface area contributed by atoms with E-state index in [-0.39, 0.29) is 0 Å². The zero-order valence-electron chi connectivity index (χ0n) is 8.79. The molecule has 3 heteroatoms. The van der Waals surface area contributed by atoms with Crippen molar-refractivity contribution in [2.45, 2.75) is 31.3 Å². The van der Waals surface area contributed by atoms with E-state index in [1.54, 1.807) is 7.11 Å². The maximum Gasteiger partial charge on any atom is 0.126 e. The number of halogens is 1. The summed E-state index contributed by atoms with van der Waals surface area (Å²) in [6, 6.07) is 5.77. The van der Waals surface area contributed by atoms with Crippen LogP contribution in [-0.4, -0.2) is 12.2 Å². The van der Waals surface area contributed by atoms with Crippen molar-refractivity contribution in [1.82, 2.24) is 0 Å². The molecule has 2 rings (SSSR count). The number of benzene rings is 1. The summed E-state index contributed by atoms with van der Waals surface area (Å²) >= 11 is 3.49. The van der Waals surface area contributed by atoms with Crippen LogP contribution in [0.5, 0.6) is 5.75 Å². The van der Waals surface area contributed by atoms with E-state index in [0.717, 1.165) is 41.5 Å². The molecule has 15 heavy (non-hydrogen) atoms. The van der Waals surface area contributed by atoms with Gasteiger partial charge >= 0.3 is 0 Å². The Hall–Kier alpha value is -0.540. The molecule has 0 radical (unpaired) electrons. The van der Waals surface area contributed by atoms with Crippen LogP contribution in [0.1, 0.15) is 31.2 Å². The van der Waals surface area contributed by atoms with E-state index in [9.17, 15) is 5.11 Å². The first-order valence-electron chi connectivity index (χ1n) is 5.23. The quantitative estimate of drug-likeness (QED) is 0.894. The predicted octanol–water partition coefficient (Wildman–Crippen LogP) is 3.22. The van der Waals surface area contributed by atoms with E-state index in [2.05, 4.69) is 15.9 Å². The summed E-state index contributed by atoms with van der Waals surface area (Å²) in [6.45, 7) is 0. The van der Waals surface area contributed by atoms with Crippen molar-refractivity contribution in [1.29, 1.82) is 0 Å². The second-order valence-electron chi connectivity index (χ2n) is 4.06. The predicted molar refractivity (Wildman–Crippen MR) is 63.1 cm³/mol. The van der Waals surface area contributed by atoms with Crippen molar-refractivity contribution >= 4 is 15.9 Å². The Morgan fingerprint density at radius 3 is 2.60 bits per heavy atom. The molecule has 0 atom stereocenters. The molecule has 0 bridgehead atoms. The largest absolute Gasteiger partial charge is 0.496 e. The van der Waals surface area contributed by atoms with E-state index in [1.807, 2.05) is 18.2 Å². The molecule has 0 amide bonds. The third-order valence-corrected chi connectivity index (χ3v) is 3.75. The zero-order chi connectivity index (χ0) is 10.9. The number of hydrogen-bond donors (Lipinski definition) is 1. The Balaban J connectivity index is 2.49. The van der Waals surface area contributed by atoms with Gasteiger partial charge in [0.05, 0.1) is 12.7 Å². The summed E-state index contributed by atoms with van der Waals surface area (Å²) in [6.07, 6.45) is 3.82. The molecule has 1 aliphatic rings. The summed E-state index contributed by atoms with van der Waals surface area (Å²) in [7, 11) is 1.64. The third kappa shape index (κ3) is 1.91. The molecule has 0 saturated heterocycles. The smallest absolute Gasteiger partial charge is 0.126 e. The molecule has 1 N–H and O–H groups in total. The van der Waals surface area contributed by atoms with Crippen LogP contribution in [0.4, 0.5) is 0 Å². The van der Waals surface area contributed by atoms with Gasteiger partial charge in [-0.1, -0.05) is 34.8 Å². The molecule has 0 unspecified atom stereocenters. The van der Waals surface area contributed by atoms with Crippen LogP contribution in [-0.2, 0) is 5.60 Å². The van der Waals surface area contributed by atoms with Crippen LogP contribution in [0, 0.1) is 0 Å². The molecular formula is C12H15BrO2. The van der Waals surface area contributed by atoms with E-state index in [4.69, 9.17) is 4.74 Å². The zero-order valence-corrected chi connectivity index (χ0v) is 10.4. The molecule has 1 saturated carbocycles. The van der Waals surface area contributed by atoms with Gasteiger partial charge < -0.3 is 9.84 Å². The minimum Gasteiger partial charge on any atom is -0.496 e. The average molecular weight is 271 g/mol. The monoisotopic (exact) mass is 270 g/mol. The summed E-state index contributed by atoms with van der Waals surface area (Å²) in [5, 5.41) is 10.5. The molecule has 1 aromatic rings. The Labute approximate surface area is 98.4 Å². The van der Waals surface area contributed by atoms with Gasteiger partial charge in [-0.05, 0) is 25.0 Å². The lowest BCUT2D eigenvalue weighted by Gasteiger charge is -2.26. The first-order chi connectivity index (χ1) is 7.17. The lowest BCUT2D eigenvalue weighted by molar-refractivity contribution is 0.0412. The highest BCUT2D eigenvalue weighted by atomic mass is 79.9. The third-order valence-electron chi connectivity index (χ3n) is 3.09. The van der Waals surface area contributed by atoms with Gasteiger partial charge in [0.2, 0.25) is 0 Å². The number of methoxy groups -OCH3 is 1. The average Bonchev–Trinajstić information content (AvgIpc) is 2.65. The number of rotatable bonds is 2. The Bertz CT molecular complexity index is 357. The Kier molecular flexibility index (Phi) is 3.03. The van der Waals surface area contributed by atoms with Crippen molar-refractivity contribution in [3.8, 4) is 5.75 Å². The number of aliphatic hydroxyl groups is 1. The maximum atomic E-state index is 10.5. The molecule has 2 nitrogen and oxygen atoms in total. The van der Waals surface area contributed by atoms with Gasteiger partial charge in [0.25, 0.3) is 0 Å². The molecule has 0 spiro atoms. The summed E-state index contributed by atoms with van der Waals surface area (Å²) in [4.78, 5) is 0. The van der Waals surface area contributed by atoms with Crippen molar-refractivity contribution in [3.05, 3.63) is 28.2 Å². The molecule has 1 aromatic carbocycles. The second-order valence-corrected chi connectivity index (χ2v) is 4.91. The van der Waals surface area contributed by atoms with Crippen LogP contribution in [0.25, 0.3) is 0 Å². The SMILES string of the molecule is COc1cccc(Br)c1C1(O)CCCC1. The molecule has 0 heterocycles. The molecule has 0 aliphatic heterocycles. The number of ether oxygens (including phenoxy) is 1. The highest BCUT2D eigenvalue weighted by Gasteiger charge is 2.36. The minimum absolute atomic E-state index is 0.703. The maximum absolute atomic E-state index is 10.5. The van der Waals surface area contributed by atoms with Crippen LogP contribution in [0.15, 0.2) is 22.7 Å². The van der Waals surface area contributed by atoms with Crippen molar-refractivity contribution in [3.63, 3.8) is 0 Å². The fraction of sp³-hybridized carbons (Fsp3) is 0.500. The fourth-order valence-electron chi connectivity index (χ4n) is 2.34. The Morgan fingerprint density at radius 1 is 1.33 bits per heavy atom. The van der Waals surface area contributed by atoms with E-state index >= 15 is 0 Å². The minimum atomic E-state index is -0.703. The highest BCUT2D eigenvalue weighted by molar-refractivity contribution is 9.10. The molecule has 0 aromatic heterocycles. The van der Waals surface area contributed by atoms with E-state index in [0.29, 0.717) is 0 Å². The molecule has 1 aliphatic carbocycles. The van der Waals surface area contributed by atoms with Crippen molar-refractivity contribution in [2.75, 3.05) is 7.11 Å². The van der Waals surface area contributed by atoms with Crippen LogP contribution in [0.3, 0.4) is 0 Å². The summed E-state index contributed by atoms with van der Waals surface area (Å²) in [5.41, 5.74) is 0.204. The van der Waals surface area contributed by atoms with Gasteiger partial charge in [0.15, 0.2) is 0 Å². The van der Waals surface area contributed by atoms with Gasteiger partial charge in [-0.15, -0.1) is 0 Å². The Morgan fingerprint density at radius 2 is 2.00 bits per heavy atom. The first kappa shape index (κ1) is 11.0. The second kappa shape index (κ2) is 4.14. The molecule has 1 fully saturated rings.